The molecule has 1 N–H and O–H groups in total. The molecule has 4 nitrogen and oxygen atoms in total. The van der Waals surface area contributed by atoms with Crippen molar-refractivity contribution in [3.8, 4) is 5.75 Å². The molecule has 1 aliphatic heterocycles. The minimum absolute atomic E-state index is 0.0474. The fourth-order valence-corrected chi connectivity index (χ4v) is 3.77. The summed E-state index contributed by atoms with van der Waals surface area (Å²) in [6.45, 7) is 3.29. The van der Waals surface area contributed by atoms with Crippen LogP contribution in [-0.2, 0) is 4.79 Å². The highest BCUT2D eigenvalue weighted by atomic mass is 16.5. The summed E-state index contributed by atoms with van der Waals surface area (Å²) < 4.78 is 6.02. The number of nitrogens with zero attached hydrogens (tertiary/aromatic N) is 1. The van der Waals surface area contributed by atoms with Crippen molar-refractivity contribution in [3.05, 3.63) is 35.9 Å². The Kier molecular flexibility index (Phi) is 6.14. The summed E-state index contributed by atoms with van der Waals surface area (Å²) in [6.07, 6.45) is 10.1. The second-order valence-electron chi connectivity index (χ2n) is 7.33. The zero-order valence-electron chi connectivity index (χ0n) is 15.1. The molecule has 1 aliphatic carbocycles. The molecule has 0 bridgehead atoms. The number of aliphatic hydroxyl groups excluding tert-OH is 1. The normalized spacial score (nSPS) is 21.0. The Balaban J connectivity index is 1.53. The smallest absolute Gasteiger partial charge is 0.246 e. The van der Waals surface area contributed by atoms with Gasteiger partial charge >= 0.3 is 0 Å². The molecule has 0 aromatic heterocycles. The SMILES string of the molecule is CC(O)C1CCN(C(=O)C=Cc2cccc(OC3CCCC3)c2)CC1. The summed E-state index contributed by atoms with van der Waals surface area (Å²) in [5.74, 6) is 1.25. The molecule has 2 aliphatic rings. The molecule has 1 aromatic carbocycles. The Morgan fingerprint density at radius 1 is 1.24 bits per heavy atom. The molecule has 1 saturated carbocycles. The first-order valence-electron chi connectivity index (χ1n) is 9.53. The zero-order chi connectivity index (χ0) is 17.6. The third kappa shape index (κ3) is 5.08. The van der Waals surface area contributed by atoms with Crippen molar-refractivity contribution in [3.63, 3.8) is 0 Å². The highest BCUT2D eigenvalue weighted by molar-refractivity contribution is 5.91. The first kappa shape index (κ1) is 18.0. The lowest BCUT2D eigenvalue weighted by atomic mass is 9.92. The maximum atomic E-state index is 12.4. The van der Waals surface area contributed by atoms with Crippen molar-refractivity contribution < 1.29 is 14.6 Å². The van der Waals surface area contributed by atoms with E-state index < -0.39 is 0 Å². The molecule has 0 spiro atoms. The van der Waals surface area contributed by atoms with Crippen molar-refractivity contribution in [2.75, 3.05) is 13.1 Å². The maximum absolute atomic E-state index is 12.4. The van der Waals surface area contributed by atoms with E-state index in [1.807, 2.05) is 42.2 Å². The standard InChI is InChI=1S/C21H29NO3/c1-16(23)18-11-13-22(14-12-18)21(24)10-9-17-5-4-8-20(15-17)25-19-6-2-3-7-19/h4-5,8-10,15-16,18-19,23H,2-3,6-7,11-14H2,1H3. The summed E-state index contributed by atoms with van der Waals surface area (Å²) in [7, 11) is 0. The zero-order valence-corrected chi connectivity index (χ0v) is 15.1. The van der Waals surface area contributed by atoms with Crippen LogP contribution in [0.2, 0.25) is 0 Å². The van der Waals surface area contributed by atoms with Crippen molar-refractivity contribution >= 4 is 12.0 Å². The summed E-state index contributed by atoms with van der Waals surface area (Å²) in [4.78, 5) is 14.2. The van der Waals surface area contributed by atoms with Crippen LogP contribution in [0.3, 0.4) is 0 Å². The molecule has 136 valence electrons. The van der Waals surface area contributed by atoms with Gasteiger partial charge in [-0.05, 0) is 75.1 Å². The Labute approximate surface area is 150 Å². The molecule has 1 unspecified atom stereocenters. The van der Waals surface area contributed by atoms with Gasteiger partial charge in [-0.3, -0.25) is 4.79 Å². The third-order valence-electron chi connectivity index (χ3n) is 5.41. The molecule has 25 heavy (non-hydrogen) atoms. The number of amides is 1. The van der Waals surface area contributed by atoms with E-state index in [1.165, 1.54) is 12.8 Å². The monoisotopic (exact) mass is 343 g/mol. The van der Waals surface area contributed by atoms with Gasteiger partial charge in [-0.2, -0.15) is 0 Å². The minimum atomic E-state index is -0.282. The number of benzene rings is 1. The van der Waals surface area contributed by atoms with Crippen LogP contribution >= 0.6 is 0 Å². The van der Waals surface area contributed by atoms with Crippen LogP contribution in [-0.4, -0.2) is 41.2 Å². The average Bonchev–Trinajstić information content (AvgIpc) is 3.13. The van der Waals surface area contributed by atoms with Gasteiger partial charge in [0.2, 0.25) is 5.91 Å². The van der Waals surface area contributed by atoms with E-state index in [2.05, 4.69) is 0 Å². The lowest BCUT2D eigenvalue weighted by Crippen LogP contribution is -2.39. The molecule has 1 saturated heterocycles. The number of hydrogen-bond acceptors (Lipinski definition) is 3. The van der Waals surface area contributed by atoms with Crippen molar-refractivity contribution in [2.45, 2.75) is 57.7 Å². The number of piperidine rings is 1. The Morgan fingerprint density at radius 3 is 2.64 bits per heavy atom. The van der Waals surface area contributed by atoms with Crippen LogP contribution in [0.1, 0.15) is 51.0 Å². The summed E-state index contributed by atoms with van der Waals surface area (Å²) in [6, 6.07) is 7.95. The van der Waals surface area contributed by atoms with Crippen molar-refractivity contribution in [2.24, 2.45) is 5.92 Å². The Hall–Kier alpha value is -1.81. The quantitative estimate of drug-likeness (QED) is 0.831. The van der Waals surface area contributed by atoms with Gasteiger partial charge in [-0.1, -0.05) is 12.1 Å². The number of hydrogen-bond donors (Lipinski definition) is 1. The predicted octanol–water partition coefficient (Wildman–Crippen LogP) is 3.64. The van der Waals surface area contributed by atoms with Crippen LogP contribution in [0.4, 0.5) is 0 Å². The van der Waals surface area contributed by atoms with E-state index in [1.54, 1.807) is 6.08 Å². The van der Waals surface area contributed by atoms with Crippen molar-refractivity contribution in [1.29, 1.82) is 0 Å². The maximum Gasteiger partial charge on any atom is 0.246 e. The van der Waals surface area contributed by atoms with Crippen LogP contribution in [0.5, 0.6) is 5.75 Å². The number of likely N-dealkylation sites (tertiary alicyclic amines) is 1. The van der Waals surface area contributed by atoms with E-state index in [-0.39, 0.29) is 12.0 Å². The highest BCUT2D eigenvalue weighted by Gasteiger charge is 2.24. The number of aliphatic hydroxyl groups is 1. The first-order chi connectivity index (χ1) is 12.1. The Morgan fingerprint density at radius 2 is 1.96 bits per heavy atom. The predicted molar refractivity (Wildman–Crippen MR) is 99.3 cm³/mol. The van der Waals surface area contributed by atoms with E-state index in [0.29, 0.717) is 12.0 Å². The van der Waals surface area contributed by atoms with E-state index in [0.717, 1.165) is 50.1 Å². The molecule has 1 aromatic rings. The summed E-state index contributed by atoms with van der Waals surface area (Å²) in [5, 5.41) is 9.65. The van der Waals surface area contributed by atoms with Gasteiger partial charge in [-0.15, -0.1) is 0 Å². The topological polar surface area (TPSA) is 49.8 Å². The number of carbonyl (C=O) groups excluding carboxylic acids is 1. The lowest BCUT2D eigenvalue weighted by Gasteiger charge is -2.32. The molecule has 0 radical (unpaired) electrons. The van der Waals surface area contributed by atoms with Gasteiger partial charge in [0.1, 0.15) is 5.75 Å². The lowest BCUT2D eigenvalue weighted by molar-refractivity contribution is -0.127. The second-order valence-corrected chi connectivity index (χ2v) is 7.33. The number of ether oxygens (including phenoxy) is 1. The molecular formula is C21H29NO3. The van der Waals surface area contributed by atoms with Crippen molar-refractivity contribution in [1.82, 2.24) is 4.90 Å². The van der Waals surface area contributed by atoms with Gasteiger partial charge in [0, 0.05) is 19.2 Å². The largest absolute Gasteiger partial charge is 0.490 e. The fourth-order valence-electron chi connectivity index (χ4n) is 3.77. The van der Waals surface area contributed by atoms with Gasteiger partial charge in [0.15, 0.2) is 0 Å². The fraction of sp³-hybridized carbons (Fsp3) is 0.571. The van der Waals surface area contributed by atoms with Crippen LogP contribution in [0.15, 0.2) is 30.3 Å². The van der Waals surface area contributed by atoms with Gasteiger partial charge in [-0.25, -0.2) is 0 Å². The van der Waals surface area contributed by atoms with Gasteiger partial charge in [0.05, 0.1) is 12.2 Å². The van der Waals surface area contributed by atoms with Gasteiger partial charge in [0.25, 0.3) is 0 Å². The molecule has 1 atom stereocenters. The first-order valence-corrected chi connectivity index (χ1v) is 9.53. The molecule has 2 fully saturated rings. The Bertz CT molecular complexity index is 597. The van der Waals surface area contributed by atoms with Crippen LogP contribution in [0, 0.1) is 5.92 Å². The minimum Gasteiger partial charge on any atom is -0.490 e. The van der Waals surface area contributed by atoms with Gasteiger partial charge < -0.3 is 14.7 Å². The van der Waals surface area contributed by atoms with E-state index in [4.69, 9.17) is 4.74 Å². The van der Waals surface area contributed by atoms with E-state index in [9.17, 15) is 9.90 Å². The molecule has 4 heteroatoms. The summed E-state index contributed by atoms with van der Waals surface area (Å²) in [5.41, 5.74) is 0.989. The number of rotatable bonds is 5. The highest BCUT2D eigenvalue weighted by Crippen LogP contribution is 2.25. The average molecular weight is 343 g/mol. The van der Waals surface area contributed by atoms with Crippen LogP contribution in [0.25, 0.3) is 6.08 Å². The second kappa shape index (κ2) is 8.52. The molecule has 3 rings (SSSR count). The summed E-state index contributed by atoms with van der Waals surface area (Å²) >= 11 is 0. The van der Waals surface area contributed by atoms with Crippen LogP contribution < -0.4 is 4.74 Å². The molecule has 1 amide bonds. The third-order valence-corrected chi connectivity index (χ3v) is 5.41. The molecule has 1 heterocycles. The molecular weight excluding hydrogens is 314 g/mol. The number of carbonyl (C=O) groups is 1. The van der Waals surface area contributed by atoms with E-state index >= 15 is 0 Å².